The number of benzene rings is 1. The van der Waals surface area contributed by atoms with Crippen molar-refractivity contribution in [3.05, 3.63) is 29.8 Å². The van der Waals surface area contributed by atoms with Gasteiger partial charge in [-0.1, -0.05) is 0 Å². The number of aromatic nitrogens is 2. The molecule has 1 aromatic carbocycles. The monoisotopic (exact) mass is 282 g/mol. The van der Waals surface area contributed by atoms with Gasteiger partial charge in [0.1, 0.15) is 11.6 Å². The van der Waals surface area contributed by atoms with Crippen LogP contribution in [-0.2, 0) is 16.2 Å². The summed E-state index contributed by atoms with van der Waals surface area (Å²) in [6.45, 7) is 4.86. The Balaban J connectivity index is 2.29. The summed E-state index contributed by atoms with van der Waals surface area (Å²) in [5.74, 6) is 0.811. The van der Waals surface area contributed by atoms with Crippen molar-refractivity contribution < 1.29 is 9.13 Å². The summed E-state index contributed by atoms with van der Waals surface area (Å²) in [5, 5.41) is 0. The fourth-order valence-corrected chi connectivity index (χ4v) is 3.06. The molecule has 1 saturated heterocycles. The van der Waals surface area contributed by atoms with E-state index in [2.05, 4.69) is 16.5 Å². The summed E-state index contributed by atoms with van der Waals surface area (Å²) in [7, 11) is 0. The van der Waals surface area contributed by atoms with Gasteiger partial charge in [-0.05, 0) is 38.5 Å². The fraction of sp³-hybridized carbons (Fsp3) is 0.500. The summed E-state index contributed by atoms with van der Waals surface area (Å²) in [5.41, 5.74) is 1.33. The van der Waals surface area contributed by atoms with Gasteiger partial charge in [0.2, 0.25) is 0 Å². The molecule has 0 saturated carbocycles. The molecule has 2 atom stereocenters. The van der Waals surface area contributed by atoms with E-state index >= 15 is 0 Å². The molecule has 2 heterocycles. The van der Waals surface area contributed by atoms with Gasteiger partial charge in [0.15, 0.2) is 0 Å². The maximum atomic E-state index is 13.5. The summed E-state index contributed by atoms with van der Waals surface area (Å²) >= 11 is 6.01. The molecule has 0 N–H and O–H groups in total. The number of imidazole rings is 1. The number of nitrogens with zero attached hydrogens (tertiary/aromatic N) is 2. The molecular formula is C14H16ClFN2O. The average molecular weight is 283 g/mol. The molecule has 3 nitrogen and oxygen atoms in total. The second-order valence-corrected chi connectivity index (χ2v) is 5.52. The first-order chi connectivity index (χ1) is 9.06. The highest BCUT2D eigenvalue weighted by molar-refractivity contribution is 6.16. The smallest absolute Gasteiger partial charge is 0.125 e. The highest BCUT2D eigenvalue weighted by Gasteiger charge is 2.41. The number of alkyl halides is 1. The van der Waals surface area contributed by atoms with Crippen LogP contribution in [-0.4, -0.2) is 22.3 Å². The molecular weight excluding hydrogens is 267 g/mol. The van der Waals surface area contributed by atoms with Gasteiger partial charge in [0.25, 0.3) is 0 Å². The van der Waals surface area contributed by atoms with Crippen molar-refractivity contribution in [1.82, 2.24) is 9.55 Å². The van der Waals surface area contributed by atoms with Gasteiger partial charge < -0.3 is 9.30 Å². The van der Waals surface area contributed by atoms with Crippen LogP contribution in [0.2, 0.25) is 0 Å². The van der Waals surface area contributed by atoms with Gasteiger partial charge in [-0.25, -0.2) is 9.37 Å². The van der Waals surface area contributed by atoms with E-state index in [0.29, 0.717) is 12.5 Å². The largest absolute Gasteiger partial charge is 0.376 e. The van der Waals surface area contributed by atoms with Crippen molar-refractivity contribution in [3.63, 3.8) is 0 Å². The highest BCUT2D eigenvalue weighted by Crippen LogP contribution is 2.37. The molecule has 1 aromatic heterocycles. The first-order valence-electron chi connectivity index (χ1n) is 6.41. The zero-order valence-electron chi connectivity index (χ0n) is 11.0. The van der Waals surface area contributed by atoms with Gasteiger partial charge in [0.05, 0.1) is 28.6 Å². The predicted octanol–water partition coefficient (Wildman–Crippen LogP) is 3.44. The van der Waals surface area contributed by atoms with Crippen LogP contribution in [0, 0.1) is 5.82 Å². The Kier molecular flexibility index (Phi) is 3.02. The standard InChI is InChI=1S/C14H16ClFN2O/c1-9-14(2,5-6-19-9)18-12-7-10(16)3-4-11(12)17-13(18)8-15/h3-4,7,9H,5-6,8H2,1-2H3. The van der Waals surface area contributed by atoms with Crippen molar-refractivity contribution in [2.24, 2.45) is 0 Å². The van der Waals surface area contributed by atoms with Crippen molar-refractivity contribution >= 4 is 22.6 Å². The molecule has 19 heavy (non-hydrogen) atoms. The van der Waals surface area contributed by atoms with Crippen LogP contribution < -0.4 is 0 Å². The second kappa shape index (κ2) is 4.46. The fourth-order valence-electron chi connectivity index (χ4n) is 2.88. The van der Waals surface area contributed by atoms with Crippen LogP contribution in [0.25, 0.3) is 11.0 Å². The molecule has 1 fully saturated rings. The minimum Gasteiger partial charge on any atom is -0.376 e. The maximum absolute atomic E-state index is 13.5. The van der Waals surface area contributed by atoms with E-state index in [1.807, 2.05) is 6.92 Å². The van der Waals surface area contributed by atoms with E-state index in [0.717, 1.165) is 23.3 Å². The summed E-state index contributed by atoms with van der Waals surface area (Å²) < 4.78 is 21.3. The van der Waals surface area contributed by atoms with E-state index in [1.54, 1.807) is 6.07 Å². The van der Waals surface area contributed by atoms with Crippen LogP contribution in [0.3, 0.4) is 0 Å². The molecule has 0 radical (unpaired) electrons. The SMILES string of the molecule is CC1OCCC1(C)n1c(CCl)nc2ccc(F)cc21. The van der Waals surface area contributed by atoms with Crippen molar-refractivity contribution in [2.75, 3.05) is 6.61 Å². The Hall–Kier alpha value is -1.13. The number of ether oxygens (including phenoxy) is 1. The molecule has 2 aromatic rings. The van der Waals surface area contributed by atoms with Crippen molar-refractivity contribution in [3.8, 4) is 0 Å². The van der Waals surface area contributed by atoms with Crippen molar-refractivity contribution in [1.29, 1.82) is 0 Å². The van der Waals surface area contributed by atoms with Crippen LogP contribution in [0.4, 0.5) is 4.39 Å². The van der Waals surface area contributed by atoms with Gasteiger partial charge in [-0.15, -0.1) is 11.6 Å². The number of fused-ring (bicyclic) bond motifs is 1. The summed E-state index contributed by atoms with van der Waals surface area (Å²) in [4.78, 5) is 4.51. The Labute approximate surface area is 116 Å². The van der Waals surface area contributed by atoms with Crippen molar-refractivity contribution in [2.45, 2.75) is 37.8 Å². The minimum atomic E-state index is -0.259. The number of halogens is 2. The van der Waals surface area contributed by atoms with Gasteiger partial charge in [-0.3, -0.25) is 0 Å². The number of rotatable bonds is 2. The minimum absolute atomic E-state index is 0.0511. The first-order valence-corrected chi connectivity index (χ1v) is 6.94. The molecule has 102 valence electrons. The summed E-state index contributed by atoms with van der Waals surface area (Å²) in [6.07, 6.45) is 0.926. The molecule has 1 aliphatic heterocycles. The Bertz CT molecular complexity index is 627. The van der Waals surface area contributed by atoms with Crippen LogP contribution in [0.15, 0.2) is 18.2 Å². The van der Waals surface area contributed by atoms with Crippen LogP contribution >= 0.6 is 11.6 Å². The first kappa shape index (κ1) is 12.9. The lowest BCUT2D eigenvalue weighted by Gasteiger charge is -2.31. The summed E-state index contributed by atoms with van der Waals surface area (Å²) in [6, 6.07) is 4.64. The quantitative estimate of drug-likeness (QED) is 0.789. The average Bonchev–Trinajstić information content (AvgIpc) is 2.91. The molecule has 1 aliphatic rings. The molecule has 0 amide bonds. The predicted molar refractivity (Wildman–Crippen MR) is 72.9 cm³/mol. The zero-order valence-corrected chi connectivity index (χ0v) is 11.7. The lowest BCUT2D eigenvalue weighted by atomic mass is 9.93. The normalized spacial score (nSPS) is 27.3. The number of hydrogen-bond donors (Lipinski definition) is 0. The third kappa shape index (κ3) is 1.85. The van der Waals surface area contributed by atoms with Gasteiger partial charge >= 0.3 is 0 Å². The van der Waals surface area contributed by atoms with E-state index in [1.165, 1.54) is 12.1 Å². The molecule has 0 aliphatic carbocycles. The maximum Gasteiger partial charge on any atom is 0.125 e. The number of hydrogen-bond acceptors (Lipinski definition) is 2. The molecule has 5 heteroatoms. The van der Waals surface area contributed by atoms with E-state index in [9.17, 15) is 4.39 Å². The topological polar surface area (TPSA) is 27.1 Å². The zero-order chi connectivity index (χ0) is 13.6. The second-order valence-electron chi connectivity index (χ2n) is 5.25. The lowest BCUT2D eigenvalue weighted by molar-refractivity contribution is 0.0766. The van der Waals surface area contributed by atoms with Crippen LogP contribution in [0.1, 0.15) is 26.1 Å². The molecule has 0 spiro atoms. The third-order valence-corrected chi connectivity index (χ3v) is 4.41. The molecule has 0 bridgehead atoms. The Morgan fingerprint density at radius 1 is 1.58 bits per heavy atom. The molecule has 3 rings (SSSR count). The van der Waals surface area contributed by atoms with E-state index in [4.69, 9.17) is 16.3 Å². The van der Waals surface area contributed by atoms with Gasteiger partial charge in [0, 0.05) is 6.61 Å². The highest BCUT2D eigenvalue weighted by atomic mass is 35.5. The van der Waals surface area contributed by atoms with Crippen LogP contribution in [0.5, 0.6) is 0 Å². The van der Waals surface area contributed by atoms with E-state index < -0.39 is 0 Å². The Morgan fingerprint density at radius 3 is 3.00 bits per heavy atom. The third-order valence-electron chi connectivity index (χ3n) is 4.17. The van der Waals surface area contributed by atoms with Gasteiger partial charge in [-0.2, -0.15) is 0 Å². The van der Waals surface area contributed by atoms with E-state index in [-0.39, 0.29) is 17.5 Å². The Morgan fingerprint density at radius 2 is 2.37 bits per heavy atom. The molecule has 2 unspecified atom stereocenters. The lowest BCUT2D eigenvalue weighted by Crippen LogP contribution is -2.37.